The zero-order valence-corrected chi connectivity index (χ0v) is 16.5. The van der Waals surface area contributed by atoms with Gasteiger partial charge < -0.3 is 15.3 Å². The largest absolute Gasteiger partial charge is 0.481 e. The van der Waals surface area contributed by atoms with Crippen LogP contribution in [-0.2, 0) is 14.4 Å². The highest BCUT2D eigenvalue weighted by Crippen LogP contribution is 2.39. The topological polar surface area (TPSA) is 107 Å². The highest BCUT2D eigenvalue weighted by atomic mass is 16.7. The fourth-order valence-corrected chi connectivity index (χ4v) is 3.78. The number of hydrogen-bond donors (Lipinski definition) is 3. The summed E-state index contributed by atoms with van der Waals surface area (Å²) in [4.78, 5) is 28.0. The Hall–Kier alpha value is -1.18. The van der Waals surface area contributed by atoms with Crippen molar-refractivity contribution >= 4 is 11.9 Å². The van der Waals surface area contributed by atoms with Crippen molar-refractivity contribution < 1.29 is 29.7 Å². The molecule has 0 saturated carbocycles. The maximum Gasteiger partial charge on any atom is 0.335 e. The number of nitrogens with zero attached hydrogens (tertiary/aromatic N) is 1. The van der Waals surface area contributed by atoms with E-state index >= 15 is 0 Å². The third-order valence-electron chi connectivity index (χ3n) is 5.10. The van der Waals surface area contributed by atoms with E-state index in [0.29, 0.717) is 25.7 Å². The van der Waals surface area contributed by atoms with Gasteiger partial charge >= 0.3 is 11.9 Å². The highest BCUT2D eigenvalue weighted by Gasteiger charge is 2.44. The lowest BCUT2D eigenvalue weighted by Crippen LogP contribution is -2.60. The van der Waals surface area contributed by atoms with E-state index in [1.807, 2.05) is 32.8 Å². The molecule has 1 heterocycles. The molecular formula is C19H35NO6. The van der Waals surface area contributed by atoms with E-state index in [1.165, 1.54) is 0 Å². The number of aliphatic hydroxyl groups is 1. The van der Waals surface area contributed by atoms with Gasteiger partial charge in [0.05, 0.1) is 6.10 Å². The molecule has 1 aliphatic heterocycles. The van der Waals surface area contributed by atoms with Crippen LogP contribution < -0.4 is 0 Å². The van der Waals surface area contributed by atoms with Crippen LogP contribution in [0.25, 0.3) is 0 Å². The van der Waals surface area contributed by atoms with Gasteiger partial charge in [0.15, 0.2) is 6.10 Å². The van der Waals surface area contributed by atoms with Gasteiger partial charge in [-0.05, 0) is 59.8 Å². The lowest BCUT2D eigenvalue weighted by Gasteiger charge is -2.52. The molecule has 2 unspecified atom stereocenters. The quantitative estimate of drug-likeness (QED) is 0.477. The normalized spacial score (nSPS) is 21.9. The van der Waals surface area contributed by atoms with Gasteiger partial charge in [0.25, 0.3) is 0 Å². The van der Waals surface area contributed by atoms with Crippen LogP contribution in [0.1, 0.15) is 85.5 Å². The van der Waals surface area contributed by atoms with Crippen molar-refractivity contribution in [2.24, 2.45) is 0 Å². The summed E-state index contributed by atoms with van der Waals surface area (Å²) in [5.41, 5.74) is -0.533. The molecule has 1 rings (SSSR count). The Morgan fingerprint density at radius 2 is 1.62 bits per heavy atom. The first-order valence-corrected chi connectivity index (χ1v) is 9.55. The summed E-state index contributed by atoms with van der Waals surface area (Å²) < 4.78 is 0. The molecule has 1 fully saturated rings. The number of hydroxylamine groups is 2. The molecule has 0 spiro atoms. The second-order valence-corrected chi connectivity index (χ2v) is 8.59. The highest BCUT2D eigenvalue weighted by molar-refractivity contribution is 5.72. The summed E-state index contributed by atoms with van der Waals surface area (Å²) in [6.45, 7) is 8.19. The number of carboxylic acids is 2. The van der Waals surface area contributed by atoms with E-state index in [1.54, 1.807) is 0 Å². The molecule has 0 bridgehead atoms. The Kier molecular flexibility index (Phi) is 8.50. The molecule has 0 amide bonds. The Morgan fingerprint density at radius 3 is 2.12 bits per heavy atom. The third kappa shape index (κ3) is 7.21. The summed E-state index contributed by atoms with van der Waals surface area (Å²) in [7, 11) is 0. The van der Waals surface area contributed by atoms with Crippen LogP contribution in [0.3, 0.4) is 0 Å². The molecule has 0 aromatic rings. The molecule has 7 heteroatoms. The first-order valence-electron chi connectivity index (χ1n) is 9.55. The molecule has 26 heavy (non-hydrogen) atoms. The van der Waals surface area contributed by atoms with Crippen LogP contribution in [0.5, 0.6) is 0 Å². The zero-order valence-electron chi connectivity index (χ0n) is 16.5. The molecule has 2 atom stereocenters. The molecule has 3 N–H and O–H groups in total. The second kappa shape index (κ2) is 9.67. The van der Waals surface area contributed by atoms with Crippen LogP contribution in [0, 0.1) is 0 Å². The van der Waals surface area contributed by atoms with Crippen molar-refractivity contribution in [2.45, 2.75) is 109 Å². The number of rotatable bonds is 11. The number of carbonyl (C=O) groups is 2. The summed E-state index contributed by atoms with van der Waals surface area (Å²) in [5, 5.41) is 30.1. The lowest BCUT2D eigenvalue weighted by atomic mass is 9.82. The number of carboxylic acid groups (broad SMARTS) is 2. The summed E-state index contributed by atoms with van der Waals surface area (Å²) in [5.74, 6) is -1.90. The molecule has 1 aliphatic rings. The van der Waals surface area contributed by atoms with Crippen molar-refractivity contribution in [3.8, 4) is 0 Å². The predicted octanol–water partition coefficient (Wildman–Crippen LogP) is 3.20. The van der Waals surface area contributed by atoms with Gasteiger partial charge in [0.2, 0.25) is 0 Å². The van der Waals surface area contributed by atoms with Gasteiger partial charge in [-0.15, -0.1) is 0 Å². The van der Waals surface area contributed by atoms with Gasteiger partial charge in [0, 0.05) is 23.9 Å². The molecule has 7 nitrogen and oxygen atoms in total. The maximum atomic E-state index is 11.7. The van der Waals surface area contributed by atoms with Gasteiger partial charge in [-0.1, -0.05) is 12.8 Å². The van der Waals surface area contributed by atoms with Gasteiger partial charge in [-0.2, -0.15) is 5.06 Å². The summed E-state index contributed by atoms with van der Waals surface area (Å²) in [6.07, 6.45) is 3.57. The molecular weight excluding hydrogens is 338 g/mol. The molecule has 152 valence electrons. The minimum Gasteiger partial charge on any atom is -0.481 e. The lowest BCUT2D eigenvalue weighted by molar-refractivity contribution is -0.304. The fraction of sp³-hybridized carbons (Fsp3) is 0.895. The van der Waals surface area contributed by atoms with Crippen LogP contribution >= 0.6 is 0 Å². The van der Waals surface area contributed by atoms with Gasteiger partial charge in [-0.25, -0.2) is 4.79 Å². The minimum absolute atomic E-state index is 0.0247. The van der Waals surface area contributed by atoms with Crippen molar-refractivity contribution in [3.63, 3.8) is 0 Å². The Labute approximate surface area is 156 Å². The second-order valence-electron chi connectivity index (χ2n) is 8.59. The van der Waals surface area contributed by atoms with E-state index < -0.39 is 24.1 Å². The number of unbranched alkanes of at least 4 members (excludes halogenated alkanes) is 2. The molecule has 0 aromatic carbocycles. The van der Waals surface area contributed by atoms with Crippen molar-refractivity contribution in [2.75, 3.05) is 0 Å². The number of aliphatic hydroxyl groups excluding tert-OH is 1. The van der Waals surface area contributed by atoms with Crippen molar-refractivity contribution in [1.29, 1.82) is 0 Å². The zero-order chi connectivity index (χ0) is 20.0. The third-order valence-corrected chi connectivity index (χ3v) is 5.10. The summed E-state index contributed by atoms with van der Waals surface area (Å²) >= 11 is 0. The minimum atomic E-state index is -1.10. The standard InChI is InChI=1S/C19H35NO6/c1-18(2)11-8-12-19(3,4)20(18)26-15(17(24)25)13-14(21)9-6-5-7-10-16(22)23/h14-15,21H,5-13H2,1-4H3,(H,22,23)(H,24,25). The Morgan fingerprint density at radius 1 is 1.04 bits per heavy atom. The van der Waals surface area contributed by atoms with E-state index in [4.69, 9.17) is 9.94 Å². The molecule has 0 radical (unpaired) electrons. The Balaban J connectivity index is 2.57. The maximum absolute atomic E-state index is 11.7. The first-order chi connectivity index (χ1) is 12.0. The average molecular weight is 373 g/mol. The van der Waals surface area contributed by atoms with Crippen LogP contribution in [-0.4, -0.2) is 55.6 Å². The predicted molar refractivity (Wildman–Crippen MR) is 97.7 cm³/mol. The van der Waals surface area contributed by atoms with Crippen LogP contribution in [0.15, 0.2) is 0 Å². The van der Waals surface area contributed by atoms with Gasteiger partial charge in [-0.3, -0.25) is 9.63 Å². The SMILES string of the molecule is CC1(C)CCCC(C)(C)N1OC(CC(O)CCCCCC(=O)O)C(=O)O. The van der Waals surface area contributed by atoms with E-state index in [0.717, 1.165) is 19.3 Å². The first kappa shape index (κ1) is 22.9. The molecule has 0 aromatic heterocycles. The van der Waals surface area contributed by atoms with Crippen LogP contribution in [0.2, 0.25) is 0 Å². The van der Waals surface area contributed by atoms with E-state index in [2.05, 4.69) is 0 Å². The fourth-order valence-electron chi connectivity index (χ4n) is 3.78. The number of piperidine rings is 1. The van der Waals surface area contributed by atoms with E-state index in [9.17, 15) is 19.8 Å². The van der Waals surface area contributed by atoms with Crippen LogP contribution in [0.4, 0.5) is 0 Å². The van der Waals surface area contributed by atoms with E-state index in [-0.39, 0.29) is 23.9 Å². The molecule has 0 aliphatic carbocycles. The molecule has 1 saturated heterocycles. The van der Waals surface area contributed by atoms with Crippen molar-refractivity contribution in [1.82, 2.24) is 5.06 Å². The Bertz CT molecular complexity index is 461. The van der Waals surface area contributed by atoms with Crippen molar-refractivity contribution in [3.05, 3.63) is 0 Å². The number of aliphatic carboxylic acids is 2. The smallest absolute Gasteiger partial charge is 0.335 e. The summed E-state index contributed by atoms with van der Waals surface area (Å²) in [6, 6.07) is 0. The average Bonchev–Trinajstić information content (AvgIpc) is 2.48. The van der Waals surface area contributed by atoms with Gasteiger partial charge in [0.1, 0.15) is 0 Å². The number of hydrogen-bond acceptors (Lipinski definition) is 5. The monoisotopic (exact) mass is 373 g/mol.